The van der Waals surface area contributed by atoms with Crippen LogP contribution in [0.2, 0.25) is 0 Å². The Morgan fingerprint density at radius 3 is 2.78 bits per heavy atom. The highest BCUT2D eigenvalue weighted by atomic mass is 16.6. The molecule has 0 bridgehead atoms. The Morgan fingerprint density at radius 1 is 1.22 bits per heavy atom. The van der Waals surface area contributed by atoms with Crippen LogP contribution in [-0.2, 0) is 9.47 Å². The van der Waals surface area contributed by atoms with E-state index in [1.807, 2.05) is 30.0 Å². The molecule has 2 amide bonds. The lowest BCUT2D eigenvalue weighted by molar-refractivity contribution is -0.150. The summed E-state index contributed by atoms with van der Waals surface area (Å²) < 4.78 is 23.0. The molecule has 27 heavy (non-hydrogen) atoms. The Morgan fingerprint density at radius 2 is 2.00 bits per heavy atom. The van der Waals surface area contributed by atoms with E-state index in [0.29, 0.717) is 32.1 Å². The molecule has 1 aromatic carbocycles. The average Bonchev–Trinajstić information content (AvgIpc) is 2.69. The molecule has 148 valence electrons. The van der Waals surface area contributed by atoms with Gasteiger partial charge in [0.15, 0.2) is 11.5 Å². The lowest BCUT2D eigenvalue weighted by atomic mass is 9.83. The number of benzene rings is 1. The van der Waals surface area contributed by atoms with Gasteiger partial charge in [-0.25, -0.2) is 4.79 Å². The Kier molecular flexibility index (Phi) is 5.41. The first kappa shape index (κ1) is 18.4. The van der Waals surface area contributed by atoms with Crippen LogP contribution < -0.4 is 14.8 Å². The van der Waals surface area contributed by atoms with E-state index in [2.05, 4.69) is 5.32 Å². The van der Waals surface area contributed by atoms with Crippen molar-refractivity contribution >= 4 is 11.7 Å². The molecule has 3 heterocycles. The largest absolute Gasteiger partial charge is 0.486 e. The molecule has 1 atom stereocenters. The number of hydrogen-bond acceptors (Lipinski definition) is 5. The summed E-state index contributed by atoms with van der Waals surface area (Å²) in [5, 5.41) is 2.97. The van der Waals surface area contributed by atoms with Gasteiger partial charge < -0.3 is 29.2 Å². The van der Waals surface area contributed by atoms with Crippen molar-refractivity contribution < 1.29 is 23.7 Å². The number of likely N-dealkylation sites (tertiary alicyclic amines) is 1. The van der Waals surface area contributed by atoms with E-state index in [1.54, 1.807) is 0 Å². The van der Waals surface area contributed by atoms with Crippen molar-refractivity contribution in [3.63, 3.8) is 0 Å². The van der Waals surface area contributed by atoms with Gasteiger partial charge in [-0.15, -0.1) is 0 Å². The van der Waals surface area contributed by atoms with Crippen LogP contribution >= 0.6 is 0 Å². The Labute approximate surface area is 159 Å². The fourth-order valence-corrected chi connectivity index (χ4v) is 4.15. The summed E-state index contributed by atoms with van der Waals surface area (Å²) in [6.45, 7) is 5.98. The van der Waals surface area contributed by atoms with Gasteiger partial charge in [-0.3, -0.25) is 0 Å². The zero-order valence-corrected chi connectivity index (χ0v) is 15.9. The summed E-state index contributed by atoms with van der Waals surface area (Å²) in [4.78, 5) is 14.5. The van der Waals surface area contributed by atoms with Crippen LogP contribution in [0.5, 0.6) is 11.5 Å². The fourth-order valence-electron chi connectivity index (χ4n) is 4.15. The molecule has 0 saturated carbocycles. The fraction of sp³-hybridized carbons (Fsp3) is 0.650. The molecule has 0 radical (unpaired) electrons. The topological polar surface area (TPSA) is 69.3 Å². The van der Waals surface area contributed by atoms with Crippen molar-refractivity contribution in [2.24, 2.45) is 0 Å². The third-order valence-electron chi connectivity index (χ3n) is 5.61. The second kappa shape index (κ2) is 7.94. The van der Waals surface area contributed by atoms with Crippen LogP contribution in [0.15, 0.2) is 18.2 Å². The molecule has 2 saturated heterocycles. The van der Waals surface area contributed by atoms with E-state index >= 15 is 0 Å². The van der Waals surface area contributed by atoms with Crippen molar-refractivity contribution in [1.82, 2.24) is 4.90 Å². The summed E-state index contributed by atoms with van der Waals surface area (Å²) >= 11 is 0. The maximum Gasteiger partial charge on any atom is 0.321 e. The van der Waals surface area contributed by atoms with Gasteiger partial charge in [0.05, 0.1) is 11.7 Å². The van der Waals surface area contributed by atoms with E-state index in [-0.39, 0.29) is 17.7 Å². The minimum Gasteiger partial charge on any atom is -0.486 e. The van der Waals surface area contributed by atoms with Crippen molar-refractivity contribution in [3.8, 4) is 11.5 Å². The summed E-state index contributed by atoms with van der Waals surface area (Å²) in [5.41, 5.74) is 0.584. The molecule has 1 unspecified atom stereocenters. The third-order valence-corrected chi connectivity index (χ3v) is 5.61. The number of piperidine rings is 1. The van der Waals surface area contributed by atoms with Gasteiger partial charge in [-0.2, -0.15) is 0 Å². The second-order valence-electron chi connectivity index (χ2n) is 7.38. The number of carbonyl (C=O) groups excluding carboxylic acids is 1. The molecule has 3 aliphatic heterocycles. The highest BCUT2D eigenvalue weighted by Crippen LogP contribution is 2.36. The van der Waals surface area contributed by atoms with Gasteiger partial charge >= 0.3 is 6.03 Å². The zero-order valence-electron chi connectivity index (χ0n) is 15.9. The number of carbonyl (C=O) groups is 1. The average molecular weight is 376 g/mol. The van der Waals surface area contributed by atoms with E-state index in [9.17, 15) is 4.79 Å². The third kappa shape index (κ3) is 4.14. The number of hydrogen-bond donors (Lipinski definition) is 1. The highest BCUT2D eigenvalue weighted by Gasteiger charge is 2.41. The predicted octanol–water partition coefficient (Wildman–Crippen LogP) is 3.04. The molecule has 2 fully saturated rings. The minimum atomic E-state index is -0.133. The Hall–Kier alpha value is -1.99. The van der Waals surface area contributed by atoms with Gasteiger partial charge in [0, 0.05) is 44.5 Å². The standard InChI is InChI=1S/C20H28N2O5/c1-2-24-16-5-10-27-20(14-16)6-8-22(9-7-20)19(23)21-15-3-4-17-18(13-15)26-12-11-25-17/h3-4,13,16H,2,5-12,14H2,1H3,(H,21,23). The Balaban J connectivity index is 1.32. The predicted molar refractivity (Wildman–Crippen MR) is 101 cm³/mol. The summed E-state index contributed by atoms with van der Waals surface area (Å²) in [6.07, 6.45) is 3.88. The lowest BCUT2D eigenvalue weighted by Gasteiger charge is -2.45. The van der Waals surface area contributed by atoms with Crippen LogP contribution in [0.3, 0.4) is 0 Å². The minimum absolute atomic E-state index is 0.0845. The maximum absolute atomic E-state index is 12.7. The number of nitrogens with one attached hydrogen (secondary N) is 1. The Bertz CT molecular complexity index is 670. The first-order valence-electron chi connectivity index (χ1n) is 9.89. The first-order chi connectivity index (χ1) is 13.2. The zero-order chi connectivity index (χ0) is 18.7. The summed E-state index contributed by atoms with van der Waals surface area (Å²) in [7, 11) is 0. The molecular formula is C20H28N2O5. The summed E-state index contributed by atoms with van der Waals surface area (Å²) in [6, 6.07) is 5.40. The number of fused-ring (bicyclic) bond motifs is 1. The number of amides is 2. The van der Waals surface area contributed by atoms with Crippen LogP contribution in [0, 0.1) is 0 Å². The van der Waals surface area contributed by atoms with E-state index < -0.39 is 0 Å². The van der Waals surface area contributed by atoms with E-state index in [4.69, 9.17) is 18.9 Å². The molecule has 4 rings (SSSR count). The normalized spacial score (nSPS) is 23.9. The monoisotopic (exact) mass is 376 g/mol. The van der Waals surface area contributed by atoms with E-state index in [0.717, 1.165) is 50.3 Å². The van der Waals surface area contributed by atoms with Crippen LogP contribution in [0.4, 0.5) is 10.5 Å². The SMILES string of the molecule is CCOC1CCOC2(CCN(C(=O)Nc3ccc4c(c3)OCCO4)CC2)C1. The van der Waals surface area contributed by atoms with Crippen LogP contribution in [0.25, 0.3) is 0 Å². The molecule has 0 aliphatic carbocycles. The summed E-state index contributed by atoms with van der Waals surface area (Å²) in [5.74, 6) is 1.40. The molecular weight excluding hydrogens is 348 g/mol. The molecule has 3 aliphatic rings. The van der Waals surface area contributed by atoms with Gasteiger partial charge in [-0.05, 0) is 38.3 Å². The first-order valence-corrected chi connectivity index (χ1v) is 9.89. The molecule has 1 N–H and O–H groups in total. The van der Waals surface area contributed by atoms with Crippen molar-refractivity contribution in [2.45, 2.75) is 44.3 Å². The maximum atomic E-state index is 12.7. The second-order valence-corrected chi connectivity index (χ2v) is 7.38. The number of rotatable bonds is 3. The van der Waals surface area contributed by atoms with Crippen molar-refractivity contribution in [1.29, 1.82) is 0 Å². The van der Waals surface area contributed by atoms with Crippen molar-refractivity contribution in [3.05, 3.63) is 18.2 Å². The van der Waals surface area contributed by atoms with Crippen LogP contribution in [-0.4, -0.2) is 62.2 Å². The van der Waals surface area contributed by atoms with Crippen LogP contribution in [0.1, 0.15) is 32.6 Å². The quantitative estimate of drug-likeness (QED) is 0.878. The molecule has 1 spiro atoms. The molecule has 0 aromatic heterocycles. The number of ether oxygens (including phenoxy) is 4. The van der Waals surface area contributed by atoms with Gasteiger partial charge in [-0.1, -0.05) is 0 Å². The van der Waals surface area contributed by atoms with Gasteiger partial charge in [0.1, 0.15) is 13.2 Å². The van der Waals surface area contributed by atoms with E-state index in [1.165, 1.54) is 0 Å². The lowest BCUT2D eigenvalue weighted by Crippen LogP contribution is -2.52. The number of anilines is 1. The highest BCUT2D eigenvalue weighted by molar-refractivity contribution is 5.89. The van der Waals surface area contributed by atoms with Gasteiger partial charge in [0.2, 0.25) is 0 Å². The molecule has 7 nitrogen and oxygen atoms in total. The van der Waals surface area contributed by atoms with Crippen molar-refractivity contribution in [2.75, 3.05) is 44.8 Å². The van der Waals surface area contributed by atoms with Gasteiger partial charge in [0.25, 0.3) is 0 Å². The number of urea groups is 1. The molecule has 7 heteroatoms. The smallest absolute Gasteiger partial charge is 0.321 e. The number of nitrogens with zero attached hydrogens (tertiary/aromatic N) is 1. The molecule has 1 aromatic rings.